The molecule has 0 atom stereocenters. The Kier molecular flexibility index (Phi) is 16.7. The molecule has 0 saturated heterocycles. The number of phenolic OH excluding ortho intramolecular Hbond substituents is 2. The maximum Gasteiger partial charge on any atom is 0.207 e. The summed E-state index contributed by atoms with van der Waals surface area (Å²) in [5.41, 5.74) is 2.30. The van der Waals surface area contributed by atoms with Gasteiger partial charge in [0, 0.05) is 11.1 Å². The zero-order valence-corrected chi connectivity index (χ0v) is 31.6. The van der Waals surface area contributed by atoms with Crippen LogP contribution in [-0.2, 0) is 9.84 Å². The minimum absolute atomic E-state index is 0.0995. The second-order valence-electron chi connectivity index (χ2n) is 13.6. The van der Waals surface area contributed by atoms with Gasteiger partial charge in [-0.15, -0.1) is 0 Å². The van der Waals surface area contributed by atoms with Crippen LogP contribution in [0, 0.1) is 0 Å². The molecule has 0 amide bonds. The fourth-order valence-electron chi connectivity index (χ4n) is 6.37. The second-order valence-corrected chi connectivity index (χ2v) is 15.4. The van der Waals surface area contributed by atoms with Gasteiger partial charge in [-0.1, -0.05) is 128 Å². The Bertz CT molecular complexity index is 1580. The van der Waals surface area contributed by atoms with Gasteiger partial charge in [-0.2, -0.15) is 0 Å². The lowest BCUT2D eigenvalue weighted by atomic mass is 10.0. The summed E-state index contributed by atoms with van der Waals surface area (Å²) >= 11 is 0. The summed E-state index contributed by atoms with van der Waals surface area (Å²) < 4.78 is 41.6. The Morgan fingerprint density at radius 3 is 1.14 bits per heavy atom. The van der Waals surface area contributed by atoms with Crippen molar-refractivity contribution >= 4 is 9.84 Å². The van der Waals surface area contributed by atoms with Crippen LogP contribution in [0.4, 0.5) is 0 Å². The standard InChI is InChI=1S/C44H58O6S/c1-3-5-7-9-11-13-15-17-31-49-39-27-29-43(41(33-39)35-19-23-37(45)24-20-35)51(47,48)44-30-28-40(34-42(44)36-21-25-38(46)26-22-36)50-32-18-16-14-12-10-8-6-4-2/h19-30,33-34,45-46H,3-18,31-32H2,1-2H3. The Morgan fingerprint density at radius 2 is 0.784 bits per heavy atom. The van der Waals surface area contributed by atoms with Crippen molar-refractivity contribution in [1.29, 1.82) is 0 Å². The van der Waals surface area contributed by atoms with Crippen molar-refractivity contribution in [2.24, 2.45) is 0 Å². The molecule has 2 N–H and O–H groups in total. The van der Waals surface area contributed by atoms with E-state index < -0.39 is 9.84 Å². The van der Waals surface area contributed by atoms with Crippen LogP contribution in [0.5, 0.6) is 23.0 Å². The van der Waals surface area contributed by atoms with Crippen LogP contribution < -0.4 is 9.47 Å². The average molecular weight is 715 g/mol. The first-order valence-corrected chi connectivity index (χ1v) is 20.7. The van der Waals surface area contributed by atoms with Crippen molar-refractivity contribution in [3.63, 3.8) is 0 Å². The molecule has 6 nitrogen and oxygen atoms in total. The van der Waals surface area contributed by atoms with Gasteiger partial charge in [0.2, 0.25) is 9.84 Å². The normalized spacial score (nSPS) is 11.5. The summed E-state index contributed by atoms with van der Waals surface area (Å²) in [6.07, 6.45) is 19.2. The van der Waals surface area contributed by atoms with Crippen LogP contribution in [0.3, 0.4) is 0 Å². The molecule has 0 aliphatic heterocycles. The number of hydrogen-bond acceptors (Lipinski definition) is 6. The number of hydrogen-bond donors (Lipinski definition) is 2. The van der Waals surface area contributed by atoms with E-state index in [4.69, 9.17) is 9.47 Å². The molecular weight excluding hydrogens is 657 g/mol. The van der Waals surface area contributed by atoms with Crippen molar-refractivity contribution in [1.82, 2.24) is 0 Å². The number of ether oxygens (including phenoxy) is 2. The van der Waals surface area contributed by atoms with E-state index in [1.807, 2.05) is 0 Å². The highest BCUT2D eigenvalue weighted by Crippen LogP contribution is 2.40. The number of aromatic hydroxyl groups is 2. The SMILES string of the molecule is CCCCCCCCCCOc1ccc(S(=O)(=O)c2ccc(OCCCCCCCCCC)cc2-c2ccc(O)cc2)c(-c2ccc(O)cc2)c1. The molecule has 276 valence electrons. The molecule has 0 unspecified atom stereocenters. The molecule has 0 heterocycles. The van der Waals surface area contributed by atoms with Gasteiger partial charge < -0.3 is 19.7 Å². The highest BCUT2D eigenvalue weighted by atomic mass is 32.2. The number of rotatable bonds is 24. The quantitative estimate of drug-likeness (QED) is 0.0702. The molecule has 0 aromatic heterocycles. The van der Waals surface area contributed by atoms with E-state index in [0.29, 0.717) is 47.0 Å². The van der Waals surface area contributed by atoms with Crippen molar-refractivity contribution in [2.45, 2.75) is 126 Å². The molecule has 4 rings (SSSR count). The van der Waals surface area contributed by atoms with E-state index in [1.165, 1.54) is 77.0 Å². The van der Waals surface area contributed by atoms with Crippen LogP contribution in [-0.4, -0.2) is 31.8 Å². The number of sulfone groups is 1. The molecular formula is C44H58O6S. The fraction of sp³-hybridized carbons (Fsp3) is 0.455. The minimum Gasteiger partial charge on any atom is -0.508 e. The van der Waals surface area contributed by atoms with Crippen LogP contribution in [0.15, 0.2) is 94.7 Å². The summed E-state index contributed by atoms with van der Waals surface area (Å²) in [5, 5.41) is 20.0. The molecule has 7 heteroatoms. The average Bonchev–Trinajstić information content (AvgIpc) is 3.14. The van der Waals surface area contributed by atoms with Gasteiger partial charge in [-0.05, 0) is 84.6 Å². The van der Waals surface area contributed by atoms with E-state index in [2.05, 4.69) is 13.8 Å². The molecule has 0 bridgehead atoms. The molecule has 0 spiro atoms. The van der Waals surface area contributed by atoms with E-state index >= 15 is 0 Å². The van der Waals surface area contributed by atoms with Crippen LogP contribution in [0.1, 0.15) is 117 Å². The first-order chi connectivity index (χ1) is 24.8. The molecule has 0 fully saturated rings. The van der Waals surface area contributed by atoms with Gasteiger partial charge in [0.25, 0.3) is 0 Å². The lowest BCUT2D eigenvalue weighted by molar-refractivity contribution is 0.304. The third kappa shape index (κ3) is 12.6. The van der Waals surface area contributed by atoms with E-state index in [-0.39, 0.29) is 21.3 Å². The van der Waals surface area contributed by atoms with Crippen molar-refractivity contribution < 1.29 is 28.1 Å². The topological polar surface area (TPSA) is 93.1 Å². The molecule has 0 saturated carbocycles. The van der Waals surface area contributed by atoms with Gasteiger partial charge in [-0.3, -0.25) is 0 Å². The summed E-state index contributed by atoms with van der Waals surface area (Å²) in [5.74, 6) is 1.40. The molecule has 51 heavy (non-hydrogen) atoms. The lowest BCUT2D eigenvalue weighted by Gasteiger charge is -2.17. The Labute approximate surface area is 306 Å². The first kappa shape index (κ1) is 39.8. The Balaban J connectivity index is 1.55. The number of phenols is 2. The predicted octanol–water partition coefficient (Wildman–Crippen LogP) is 12.3. The smallest absolute Gasteiger partial charge is 0.207 e. The highest BCUT2D eigenvalue weighted by molar-refractivity contribution is 7.91. The van der Waals surface area contributed by atoms with Gasteiger partial charge in [0.05, 0.1) is 23.0 Å². The van der Waals surface area contributed by atoms with E-state index in [9.17, 15) is 18.6 Å². The van der Waals surface area contributed by atoms with Crippen molar-refractivity contribution in [2.75, 3.05) is 13.2 Å². The maximum absolute atomic E-state index is 14.7. The van der Waals surface area contributed by atoms with Gasteiger partial charge in [0.1, 0.15) is 23.0 Å². The lowest BCUT2D eigenvalue weighted by Crippen LogP contribution is -2.07. The van der Waals surface area contributed by atoms with Crippen LogP contribution in [0.25, 0.3) is 22.3 Å². The van der Waals surface area contributed by atoms with Gasteiger partial charge in [0.15, 0.2) is 0 Å². The molecule has 0 radical (unpaired) electrons. The van der Waals surface area contributed by atoms with E-state index in [1.54, 1.807) is 84.9 Å². The number of benzene rings is 4. The molecule has 0 aliphatic carbocycles. The van der Waals surface area contributed by atoms with E-state index in [0.717, 1.165) is 25.7 Å². The largest absolute Gasteiger partial charge is 0.508 e. The third-order valence-corrected chi connectivity index (χ3v) is 11.2. The zero-order valence-electron chi connectivity index (χ0n) is 30.7. The molecule has 0 aliphatic rings. The molecule has 4 aromatic carbocycles. The summed E-state index contributed by atoms with van der Waals surface area (Å²) in [7, 11) is -4.07. The van der Waals surface area contributed by atoms with Gasteiger partial charge >= 0.3 is 0 Å². The first-order valence-electron chi connectivity index (χ1n) is 19.2. The van der Waals surface area contributed by atoms with Gasteiger partial charge in [-0.25, -0.2) is 8.42 Å². The zero-order chi connectivity index (χ0) is 36.3. The maximum atomic E-state index is 14.7. The predicted molar refractivity (Wildman–Crippen MR) is 209 cm³/mol. The third-order valence-electron chi connectivity index (χ3n) is 9.37. The summed E-state index contributed by atoms with van der Waals surface area (Å²) in [6.45, 7) is 5.57. The Hall–Kier alpha value is -3.97. The number of unbranched alkanes of at least 4 members (excludes halogenated alkanes) is 14. The van der Waals surface area contributed by atoms with Crippen LogP contribution >= 0.6 is 0 Å². The minimum atomic E-state index is -4.07. The highest BCUT2D eigenvalue weighted by Gasteiger charge is 2.27. The van der Waals surface area contributed by atoms with Crippen molar-refractivity contribution in [3.8, 4) is 45.3 Å². The summed E-state index contributed by atoms with van der Waals surface area (Å²) in [4.78, 5) is 0.278. The van der Waals surface area contributed by atoms with Crippen molar-refractivity contribution in [3.05, 3.63) is 84.9 Å². The Morgan fingerprint density at radius 1 is 0.451 bits per heavy atom. The molecule has 4 aromatic rings. The monoisotopic (exact) mass is 714 g/mol. The summed E-state index contributed by atoms with van der Waals surface area (Å²) in [6, 6.07) is 23.3. The van der Waals surface area contributed by atoms with Crippen LogP contribution in [0.2, 0.25) is 0 Å². The fourth-order valence-corrected chi connectivity index (χ4v) is 8.03. The second kappa shape index (κ2) is 21.4.